The summed E-state index contributed by atoms with van der Waals surface area (Å²) in [6.07, 6.45) is 4.11. The van der Waals surface area contributed by atoms with E-state index in [-0.39, 0.29) is 17.5 Å². The first kappa shape index (κ1) is 17.1. The van der Waals surface area contributed by atoms with Crippen molar-refractivity contribution in [2.75, 3.05) is 13.1 Å². The van der Waals surface area contributed by atoms with Gasteiger partial charge in [-0.2, -0.15) is 5.10 Å². The number of aryl methyl sites for hydroxylation is 2. The van der Waals surface area contributed by atoms with Crippen molar-refractivity contribution in [3.63, 3.8) is 0 Å². The molecule has 0 spiro atoms. The number of nitrogens with one attached hydrogen (secondary N) is 1. The van der Waals surface area contributed by atoms with E-state index in [1.54, 1.807) is 12.3 Å². The van der Waals surface area contributed by atoms with E-state index in [1.807, 2.05) is 18.7 Å². The van der Waals surface area contributed by atoms with E-state index in [0.717, 1.165) is 24.2 Å². The van der Waals surface area contributed by atoms with Gasteiger partial charge in [0.05, 0.1) is 11.3 Å². The zero-order valence-corrected chi connectivity index (χ0v) is 14.5. The number of piperidine rings is 1. The van der Waals surface area contributed by atoms with Gasteiger partial charge >= 0.3 is 0 Å². The van der Waals surface area contributed by atoms with E-state index in [0.29, 0.717) is 30.9 Å². The summed E-state index contributed by atoms with van der Waals surface area (Å²) in [5, 5.41) is 6.81. The van der Waals surface area contributed by atoms with Crippen LogP contribution in [0.5, 0.6) is 0 Å². The van der Waals surface area contributed by atoms with Crippen LogP contribution in [0.15, 0.2) is 12.3 Å². The second-order valence-electron chi connectivity index (χ2n) is 6.29. The van der Waals surface area contributed by atoms with Crippen LogP contribution in [0.25, 0.3) is 0 Å². The van der Waals surface area contributed by atoms with Gasteiger partial charge in [-0.05, 0) is 32.3 Å². The van der Waals surface area contributed by atoms with Crippen molar-refractivity contribution in [3.8, 4) is 0 Å². The Morgan fingerprint density at radius 3 is 2.92 bits per heavy atom. The molecule has 0 radical (unpaired) electrons. The third kappa shape index (κ3) is 3.52. The van der Waals surface area contributed by atoms with Crippen LogP contribution < -0.4 is 5.73 Å². The van der Waals surface area contributed by atoms with E-state index >= 15 is 0 Å². The van der Waals surface area contributed by atoms with Gasteiger partial charge in [0.1, 0.15) is 11.5 Å². The smallest absolute Gasteiger partial charge is 0.269 e. The first-order valence-corrected chi connectivity index (χ1v) is 8.46. The van der Waals surface area contributed by atoms with Crippen molar-refractivity contribution in [2.45, 2.75) is 39.0 Å². The van der Waals surface area contributed by atoms with Crippen LogP contribution in [0.4, 0.5) is 0 Å². The quantitative estimate of drug-likeness (QED) is 0.865. The summed E-state index contributed by atoms with van der Waals surface area (Å²) in [5.41, 5.74) is 7.65. The summed E-state index contributed by atoms with van der Waals surface area (Å²) in [5.74, 6) is 0.169. The minimum absolute atomic E-state index is 0.0452. The second-order valence-corrected chi connectivity index (χ2v) is 6.29. The number of nitrogens with two attached hydrogens (primary N) is 1. The third-order valence-electron chi connectivity index (χ3n) is 4.55. The molecule has 2 aromatic rings. The molecule has 0 aliphatic carbocycles. The highest BCUT2D eigenvalue weighted by molar-refractivity contribution is 5.95. The van der Waals surface area contributed by atoms with E-state index < -0.39 is 5.91 Å². The molecule has 1 aliphatic heterocycles. The van der Waals surface area contributed by atoms with Gasteiger partial charge in [0.2, 0.25) is 0 Å². The molecule has 2 aromatic heterocycles. The average Bonchev–Trinajstić information content (AvgIpc) is 3.11. The normalized spacial score (nSPS) is 17.5. The van der Waals surface area contributed by atoms with Crippen molar-refractivity contribution >= 4 is 11.8 Å². The Hall–Kier alpha value is -2.77. The zero-order valence-electron chi connectivity index (χ0n) is 14.5. The summed E-state index contributed by atoms with van der Waals surface area (Å²) in [4.78, 5) is 34.5. The number of primary amides is 1. The monoisotopic (exact) mass is 342 g/mol. The third-order valence-corrected chi connectivity index (χ3v) is 4.55. The Bertz CT molecular complexity index is 800. The lowest BCUT2D eigenvalue weighted by molar-refractivity contribution is 0.0703. The molecule has 132 valence electrons. The number of hydrogen-bond acceptors (Lipinski definition) is 5. The van der Waals surface area contributed by atoms with Crippen molar-refractivity contribution in [3.05, 3.63) is 40.7 Å². The number of rotatable bonds is 4. The highest BCUT2D eigenvalue weighted by Gasteiger charge is 2.28. The van der Waals surface area contributed by atoms with Crippen molar-refractivity contribution in [2.24, 2.45) is 5.73 Å². The molecule has 1 saturated heterocycles. The molecule has 0 unspecified atom stereocenters. The highest BCUT2D eigenvalue weighted by atomic mass is 16.2. The summed E-state index contributed by atoms with van der Waals surface area (Å²) in [7, 11) is 0. The molecule has 8 nitrogen and oxygen atoms in total. The molecular weight excluding hydrogens is 320 g/mol. The number of nitrogens with zero attached hydrogens (tertiary/aromatic N) is 4. The number of carbonyl (C=O) groups is 2. The van der Waals surface area contributed by atoms with Crippen molar-refractivity contribution < 1.29 is 9.59 Å². The maximum absolute atomic E-state index is 12.9. The fourth-order valence-electron chi connectivity index (χ4n) is 3.22. The summed E-state index contributed by atoms with van der Waals surface area (Å²) < 4.78 is 0. The standard InChI is InChI=1S/C17H22N6O2/c1-3-13-12(8-19-10(2)20-13)17(25)23-6-4-5-11(9-23)14-7-15(16(18)24)22-21-14/h7-8,11H,3-6,9H2,1-2H3,(H2,18,24)(H,21,22)/t11-/m0/s1. The predicted octanol–water partition coefficient (Wildman–Crippen LogP) is 1.19. The average molecular weight is 342 g/mol. The van der Waals surface area contributed by atoms with E-state index in [2.05, 4.69) is 20.2 Å². The van der Waals surface area contributed by atoms with Gasteiger partial charge in [-0.3, -0.25) is 14.7 Å². The number of hydrogen-bond donors (Lipinski definition) is 2. The minimum Gasteiger partial charge on any atom is -0.364 e. The van der Waals surface area contributed by atoms with Crippen molar-refractivity contribution in [1.29, 1.82) is 0 Å². The van der Waals surface area contributed by atoms with Gasteiger partial charge in [-0.25, -0.2) is 9.97 Å². The molecule has 1 aliphatic rings. The van der Waals surface area contributed by atoms with Gasteiger partial charge in [-0.1, -0.05) is 6.92 Å². The van der Waals surface area contributed by atoms with Crippen LogP contribution in [0.3, 0.4) is 0 Å². The van der Waals surface area contributed by atoms with Crippen LogP contribution in [0.1, 0.15) is 63.7 Å². The second kappa shape index (κ2) is 7.00. The molecule has 2 amide bonds. The van der Waals surface area contributed by atoms with Crippen molar-refractivity contribution in [1.82, 2.24) is 25.1 Å². The van der Waals surface area contributed by atoms with E-state index in [1.165, 1.54) is 0 Å². The van der Waals surface area contributed by atoms with Gasteiger partial charge < -0.3 is 10.6 Å². The Labute approximate surface area is 145 Å². The summed E-state index contributed by atoms with van der Waals surface area (Å²) >= 11 is 0. The van der Waals surface area contributed by atoms with Gasteiger partial charge in [0.15, 0.2) is 0 Å². The van der Waals surface area contributed by atoms with E-state index in [4.69, 9.17) is 5.73 Å². The largest absolute Gasteiger partial charge is 0.364 e. The van der Waals surface area contributed by atoms with Crippen LogP contribution >= 0.6 is 0 Å². The molecule has 0 aromatic carbocycles. The Balaban J connectivity index is 1.78. The number of likely N-dealkylation sites (tertiary alicyclic amines) is 1. The molecule has 3 heterocycles. The molecule has 3 rings (SSSR count). The number of aromatic nitrogens is 4. The number of carbonyl (C=O) groups excluding carboxylic acids is 2. The topological polar surface area (TPSA) is 118 Å². The minimum atomic E-state index is -0.560. The van der Waals surface area contributed by atoms with Crippen LogP contribution in [0.2, 0.25) is 0 Å². The molecule has 25 heavy (non-hydrogen) atoms. The summed E-state index contributed by atoms with van der Waals surface area (Å²) in [6, 6.07) is 1.67. The van der Waals surface area contributed by atoms with Crippen LogP contribution in [-0.2, 0) is 6.42 Å². The van der Waals surface area contributed by atoms with Gasteiger partial charge in [0.25, 0.3) is 11.8 Å². The first-order valence-electron chi connectivity index (χ1n) is 8.46. The highest BCUT2D eigenvalue weighted by Crippen LogP contribution is 2.27. The molecular formula is C17H22N6O2. The van der Waals surface area contributed by atoms with E-state index in [9.17, 15) is 9.59 Å². The number of amides is 2. The molecule has 1 fully saturated rings. The van der Waals surface area contributed by atoms with Crippen LogP contribution in [0, 0.1) is 6.92 Å². The Kier molecular flexibility index (Phi) is 4.78. The molecule has 0 saturated carbocycles. The fraction of sp³-hybridized carbons (Fsp3) is 0.471. The Morgan fingerprint density at radius 2 is 2.24 bits per heavy atom. The maximum Gasteiger partial charge on any atom is 0.269 e. The molecule has 0 bridgehead atoms. The van der Waals surface area contributed by atoms with Crippen LogP contribution in [-0.4, -0.2) is 50.0 Å². The predicted molar refractivity (Wildman–Crippen MR) is 91.1 cm³/mol. The lowest BCUT2D eigenvalue weighted by atomic mass is 9.94. The van der Waals surface area contributed by atoms with Gasteiger partial charge in [0, 0.05) is 30.9 Å². The summed E-state index contributed by atoms with van der Waals surface area (Å²) in [6.45, 7) is 5.06. The first-order chi connectivity index (χ1) is 12.0. The molecule has 1 atom stereocenters. The molecule has 3 N–H and O–H groups in total. The maximum atomic E-state index is 12.9. The molecule has 8 heteroatoms. The zero-order chi connectivity index (χ0) is 18.0. The lowest BCUT2D eigenvalue weighted by Crippen LogP contribution is -2.39. The van der Waals surface area contributed by atoms with Gasteiger partial charge in [-0.15, -0.1) is 0 Å². The Morgan fingerprint density at radius 1 is 1.44 bits per heavy atom. The SMILES string of the molecule is CCc1nc(C)ncc1C(=O)N1CCC[C@H](c2cc(C(N)=O)n[nH]2)C1. The lowest BCUT2D eigenvalue weighted by Gasteiger charge is -2.32. The number of H-pyrrole nitrogens is 1. The number of aromatic amines is 1. The fourth-order valence-corrected chi connectivity index (χ4v) is 3.22.